The molecule has 2 N–H and O–H groups in total. The molecule has 2 aromatic rings. The van der Waals surface area contributed by atoms with Crippen molar-refractivity contribution in [1.82, 2.24) is 0 Å². The Labute approximate surface area is 171 Å². The van der Waals surface area contributed by atoms with Gasteiger partial charge in [-0.25, -0.2) is 0 Å². The van der Waals surface area contributed by atoms with Crippen molar-refractivity contribution in [3.63, 3.8) is 0 Å². The van der Waals surface area contributed by atoms with E-state index in [9.17, 15) is 46.2 Å². The third-order valence-electron chi connectivity index (χ3n) is 4.30. The predicted molar refractivity (Wildman–Crippen MR) is 103 cm³/mol. The zero-order valence-corrected chi connectivity index (χ0v) is 17.0. The first kappa shape index (κ1) is 23.3. The SMILES string of the molecule is CCCC(c1cc(S(=O)(=O)O)ccc1[N+](=O)[O-])c1cc([N+](=O)[O-])ccc1S(=O)(=O)O. The molecule has 0 fully saturated rings. The number of non-ortho nitro benzene ring substituents is 1. The molecule has 162 valence electrons. The Balaban J connectivity index is 2.94. The van der Waals surface area contributed by atoms with E-state index >= 15 is 0 Å². The Bertz CT molecular complexity index is 1220. The van der Waals surface area contributed by atoms with Gasteiger partial charge in [0.1, 0.15) is 0 Å². The van der Waals surface area contributed by atoms with E-state index in [-0.39, 0.29) is 17.5 Å². The summed E-state index contributed by atoms with van der Waals surface area (Å²) in [5.74, 6) is -1.21. The maximum atomic E-state index is 11.8. The zero-order chi connectivity index (χ0) is 22.9. The molecule has 0 bridgehead atoms. The molecule has 0 radical (unpaired) electrons. The first-order chi connectivity index (χ1) is 13.8. The number of hydrogen-bond acceptors (Lipinski definition) is 8. The minimum absolute atomic E-state index is 0.0134. The average molecular weight is 460 g/mol. The number of nitro groups is 2. The molecule has 0 aliphatic heterocycles. The van der Waals surface area contributed by atoms with Gasteiger partial charge in [0.05, 0.1) is 19.6 Å². The molecule has 14 heteroatoms. The van der Waals surface area contributed by atoms with Gasteiger partial charge in [0.15, 0.2) is 0 Å². The van der Waals surface area contributed by atoms with Crippen molar-refractivity contribution in [2.75, 3.05) is 0 Å². The first-order valence-electron chi connectivity index (χ1n) is 8.29. The quantitative estimate of drug-likeness (QED) is 0.336. The summed E-state index contributed by atoms with van der Waals surface area (Å²) >= 11 is 0. The van der Waals surface area contributed by atoms with Crippen LogP contribution in [0.5, 0.6) is 0 Å². The van der Waals surface area contributed by atoms with E-state index in [4.69, 9.17) is 0 Å². The second kappa shape index (κ2) is 8.43. The summed E-state index contributed by atoms with van der Waals surface area (Å²) in [6.45, 7) is 1.65. The van der Waals surface area contributed by atoms with Crippen molar-refractivity contribution >= 4 is 31.6 Å². The largest absolute Gasteiger partial charge is 0.294 e. The van der Waals surface area contributed by atoms with Crippen molar-refractivity contribution in [2.45, 2.75) is 35.5 Å². The molecular weight excluding hydrogens is 444 g/mol. The van der Waals surface area contributed by atoms with Crippen LogP contribution in [-0.4, -0.2) is 35.8 Å². The molecule has 0 aliphatic carbocycles. The van der Waals surface area contributed by atoms with Crippen LogP contribution in [0.3, 0.4) is 0 Å². The Morgan fingerprint density at radius 3 is 2.00 bits per heavy atom. The molecule has 30 heavy (non-hydrogen) atoms. The van der Waals surface area contributed by atoms with Crippen LogP contribution in [-0.2, 0) is 20.2 Å². The molecule has 12 nitrogen and oxygen atoms in total. The van der Waals surface area contributed by atoms with Gasteiger partial charge in [0, 0.05) is 29.7 Å². The molecule has 2 aromatic carbocycles. The highest BCUT2D eigenvalue weighted by atomic mass is 32.2. The third-order valence-corrected chi connectivity index (χ3v) is 6.08. The van der Waals surface area contributed by atoms with Crippen molar-refractivity contribution < 1.29 is 35.8 Å². The van der Waals surface area contributed by atoms with E-state index in [2.05, 4.69) is 0 Å². The zero-order valence-electron chi connectivity index (χ0n) is 15.3. The lowest BCUT2D eigenvalue weighted by Crippen LogP contribution is -2.12. The fourth-order valence-electron chi connectivity index (χ4n) is 3.06. The molecule has 0 amide bonds. The molecule has 0 heterocycles. The van der Waals surface area contributed by atoms with Gasteiger partial charge in [-0.3, -0.25) is 29.3 Å². The summed E-state index contributed by atoms with van der Waals surface area (Å²) in [4.78, 5) is 19.6. The van der Waals surface area contributed by atoms with Gasteiger partial charge in [-0.2, -0.15) is 16.8 Å². The highest BCUT2D eigenvalue weighted by Gasteiger charge is 2.31. The lowest BCUT2D eigenvalue weighted by molar-refractivity contribution is -0.386. The fourth-order valence-corrected chi connectivity index (χ4v) is 4.32. The highest BCUT2D eigenvalue weighted by Crippen LogP contribution is 2.40. The maximum absolute atomic E-state index is 11.8. The third kappa shape index (κ3) is 4.96. The Morgan fingerprint density at radius 2 is 1.53 bits per heavy atom. The standard InChI is InChI=1S/C16H16N2O10S2/c1-2-3-12(13-9-11(29(23,24)25)5-6-15(13)18(21)22)14-8-10(17(19)20)4-7-16(14)30(26,27)28/h4-9,12H,2-3H2,1H3,(H,23,24,25)(H,26,27,28). The van der Waals surface area contributed by atoms with E-state index in [1.54, 1.807) is 6.92 Å². The molecule has 0 aromatic heterocycles. The van der Waals surface area contributed by atoms with Crippen LogP contribution in [0.2, 0.25) is 0 Å². The van der Waals surface area contributed by atoms with E-state index in [1.165, 1.54) is 0 Å². The summed E-state index contributed by atoms with van der Waals surface area (Å²) in [7, 11) is -9.64. The number of nitro benzene ring substituents is 2. The summed E-state index contributed by atoms with van der Waals surface area (Å²) < 4.78 is 65.6. The second-order valence-corrected chi connectivity index (χ2v) is 9.06. The van der Waals surface area contributed by atoms with Crippen LogP contribution < -0.4 is 0 Å². The number of benzene rings is 2. The molecule has 0 saturated carbocycles. The number of nitrogens with zero attached hydrogens (tertiary/aromatic N) is 2. The monoisotopic (exact) mass is 460 g/mol. The van der Waals surface area contributed by atoms with Crippen LogP contribution in [0.15, 0.2) is 46.2 Å². The molecule has 1 unspecified atom stereocenters. The van der Waals surface area contributed by atoms with Crippen LogP contribution >= 0.6 is 0 Å². The fraction of sp³-hybridized carbons (Fsp3) is 0.250. The van der Waals surface area contributed by atoms with E-state index in [0.717, 1.165) is 36.4 Å². The summed E-state index contributed by atoms with van der Waals surface area (Å²) in [5, 5.41) is 22.7. The van der Waals surface area contributed by atoms with Gasteiger partial charge in [-0.15, -0.1) is 0 Å². The van der Waals surface area contributed by atoms with E-state index in [1.807, 2.05) is 0 Å². The van der Waals surface area contributed by atoms with Gasteiger partial charge >= 0.3 is 0 Å². The van der Waals surface area contributed by atoms with Crippen LogP contribution in [0.25, 0.3) is 0 Å². The van der Waals surface area contributed by atoms with Gasteiger partial charge in [-0.05, 0) is 30.2 Å². The van der Waals surface area contributed by atoms with Gasteiger partial charge in [0.2, 0.25) is 0 Å². The minimum Gasteiger partial charge on any atom is -0.282 e. The van der Waals surface area contributed by atoms with E-state index < -0.39 is 57.2 Å². The first-order valence-corrected chi connectivity index (χ1v) is 11.2. The average Bonchev–Trinajstić information content (AvgIpc) is 2.63. The predicted octanol–water partition coefficient (Wildman–Crippen LogP) is 2.93. The Morgan fingerprint density at radius 1 is 0.900 bits per heavy atom. The summed E-state index contributed by atoms with van der Waals surface area (Å²) in [6.07, 6.45) is 0.324. The molecule has 0 saturated heterocycles. The lowest BCUT2D eigenvalue weighted by atomic mass is 9.86. The summed E-state index contributed by atoms with van der Waals surface area (Å²) in [6, 6.07) is 4.93. The molecule has 2 rings (SSSR count). The Hall–Kier alpha value is -2.94. The van der Waals surface area contributed by atoms with Crippen LogP contribution in [0, 0.1) is 20.2 Å². The number of rotatable bonds is 8. The number of hydrogen-bond donors (Lipinski definition) is 2. The van der Waals surface area contributed by atoms with Gasteiger partial charge in [-0.1, -0.05) is 13.3 Å². The van der Waals surface area contributed by atoms with Gasteiger partial charge < -0.3 is 0 Å². The topological polar surface area (TPSA) is 195 Å². The smallest absolute Gasteiger partial charge is 0.282 e. The summed E-state index contributed by atoms with van der Waals surface area (Å²) in [5.41, 5.74) is -1.73. The van der Waals surface area contributed by atoms with Crippen molar-refractivity contribution in [1.29, 1.82) is 0 Å². The molecule has 0 aliphatic rings. The van der Waals surface area contributed by atoms with E-state index in [0.29, 0.717) is 6.42 Å². The molecule has 1 atom stereocenters. The second-order valence-electron chi connectivity index (χ2n) is 6.25. The molecule has 0 spiro atoms. The van der Waals surface area contributed by atoms with Crippen LogP contribution in [0.4, 0.5) is 11.4 Å². The minimum atomic E-state index is -4.88. The Kier molecular flexibility index (Phi) is 6.56. The lowest BCUT2D eigenvalue weighted by Gasteiger charge is -2.20. The maximum Gasteiger partial charge on any atom is 0.294 e. The van der Waals surface area contributed by atoms with Crippen molar-refractivity contribution in [3.8, 4) is 0 Å². The van der Waals surface area contributed by atoms with Crippen molar-refractivity contribution in [3.05, 3.63) is 67.8 Å². The van der Waals surface area contributed by atoms with Gasteiger partial charge in [0.25, 0.3) is 31.6 Å². The van der Waals surface area contributed by atoms with Crippen molar-refractivity contribution in [2.24, 2.45) is 0 Å². The molecular formula is C16H16N2O10S2. The van der Waals surface area contributed by atoms with Crippen LogP contribution in [0.1, 0.15) is 36.8 Å². The normalized spacial score (nSPS) is 13.0. The highest BCUT2D eigenvalue weighted by molar-refractivity contribution is 7.86.